The van der Waals surface area contributed by atoms with E-state index >= 15 is 0 Å². The minimum absolute atomic E-state index is 0.0694. The molecule has 2 heteroatoms. The molecular weight excluding hydrogens is 138 g/mol. The molecule has 0 aromatic carbocycles. The monoisotopic (exact) mass is 153 g/mol. The largest absolute Gasteiger partial charge is 0.369 e. The van der Waals surface area contributed by atoms with Gasteiger partial charge in [-0.05, 0) is 25.7 Å². The van der Waals surface area contributed by atoms with Crippen molar-refractivity contribution in [1.82, 2.24) is 0 Å². The van der Waals surface area contributed by atoms with E-state index in [2.05, 4.69) is 19.9 Å². The molecule has 2 atom stereocenters. The Balaban J connectivity index is 2.67. The van der Waals surface area contributed by atoms with Gasteiger partial charge < -0.3 is 5.73 Å². The normalized spacial score (nSPS) is 31.3. The van der Waals surface area contributed by atoms with E-state index in [0.29, 0.717) is 5.92 Å². The highest BCUT2D eigenvalue weighted by Gasteiger charge is 2.25. The van der Waals surface area contributed by atoms with Crippen LogP contribution in [0.15, 0.2) is 11.6 Å². The summed E-state index contributed by atoms with van der Waals surface area (Å²) in [6.07, 6.45) is 4.06. The molecule has 2 N–H and O–H groups in total. The van der Waals surface area contributed by atoms with Crippen LogP contribution in [-0.4, -0.2) is 5.91 Å². The Kier molecular flexibility index (Phi) is 2.32. The molecule has 0 radical (unpaired) electrons. The highest BCUT2D eigenvalue weighted by atomic mass is 16.1. The first-order valence-corrected chi connectivity index (χ1v) is 4.06. The van der Waals surface area contributed by atoms with Crippen molar-refractivity contribution >= 4 is 5.91 Å². The SMILES string of the molecule is CC1=CCC(C)C(C(N)=O)C1. The second-order valence-electron chi connectivity index (χ2n) is 3.48. The van der Waals surface area contributed by atoms with Crippen molar-refractivity contribution in [3.63, 3.8) is 0 Å². The van der Waals surface area contributed by atoms with Crippen LogP contribution in [0.25, 0.3) is 0 Å². The van der Waals surface area contributed by atoms with Crippen LogP contribution in [0.3, 0.4) is 0 Å². The quantitative estimate of drug-likeness (QED) is 0.569. The Labute approximate surface area is 67.5 Å². The van der Waals surface area contributed by atoms with Crippen molar-refractivity contribution < 1.29 is 4.79 Å². The number of allylic oxidation sites excluding steroid dienone is 2. The summed E-state index contributed by atoms with van der Waals surface area (Å²) in [5, 5.41) is 0. The molecule has 0 aromatic heterocycles. The number of amides is 1. The lowest BCUT2D eigenvalue weighted by Crippen LogP contribution is -2.30. The zero-order valence-electron chi connectivity index (χ0n) is 7.13. The van der Waals surface area contributed by atoms with Gasteiger partial charge in [-0.3, -0.25) is 4.79 Å². The summed E-state index contributed by atoms with van der Waals surface area (Å²) in [6, 6.07) is 0. The summed E-state index contributed by atoms with van der Waals surface area (Å²) in [7, 11) is 0. The maximum Gasteiger partial charge on any atom is 0.221 e. The second kappa shape index (κ2) is 3.07. The molecule has 1 aliphatic carbocycles. The van der Waals surface area contributed by atoms with Crippen LogP contribution in [0.5, 0.6) is 0 Å². The third-order valence-corrected chi connectivity index (χ3v) is 2.43. The van der Waals surface area contributed by atoms with Gasteiger partial charge >= 0.3 is 0 Å². The molecule has 62 valence electrons. The summed E-state index contributed by atoms with van der Waals surface area (Å²) >= 11 is 0. The van der Waals surface area contributed by atoms with Gasteiger partial charge in [-0.25, -0.2) is 0 Å². The number of hydrogen-bond acceptors (Lipinski definition) is 1. The van der Waals surface area contributed by atoms with Crippen LogP contribution in [-0.2, 0) is 4.79 Å². The average molecular weight is 153 g/mol. The van der Waals surface area contributed by atoms with Crippen LogP contribution in [0.4, 0.5) is 0 Å². The molecule has 0 spiro atoms. The lowest BCUT2D eigenvalue weighted by Gasteiger charge is -2.24. The summed E-state index contributed by atoms with van der Waals surface area (Å²) in [5.74, 6) is 0.348. The molecule has 1 aliphatic rings. The molecule has 11 heavy (non-hydrogen) atoms. The van der Waals surface area contributed by atoms with E-state index in [1.54, 1.807) is 0 Å². The van der Waals surface area contributed by atoms with Crippen LogP contribution >= 0.6 is 0 Å². The van der Waals surface area contributed by atoms with E-state index in [9.17, 15) is 4.79 Å². The smallest absolute Gasteiger partial charge is 0.221 e. The van der Waals surface area contributed by atoms with Gasteiger partial charge in [-0.2, -0.15) is 0 Å². The summed E-state index contributed by atoms with van der Waals surface area (Å²) < 4.78 is 0. The highest BCUT2D eigenvalue weighted by molar-refractivity contribution is 5.77. The molecule has 0 heterocycles. The number of rotatable bonds is 1. The van der Waals surface area contributed by atoms with Gasteiger partial charge in [-0.1, -0.05) is 18.6 Å². The van der Waals surface area contributed by atoms with Crippen LogP contribution in [0.1, 0.15) is 26.7 Å². The molecule has 2 unspecified atom stereocenters. The number of hydrogen-bond donors (Lipinski definition) is 1. The van der Waals surface area contributed by atoms with Crippen molar-refractivity contribution in [3.05, 3.63) is 11.6 Å². The molecular formula is C9H15NO. The number of carbonyl (C=O) groups excluding carboxylic acids is 1. The fourth-order valence-electron chi connectivity index (χ4n) is 1.56. The van der Waals surface area contributed by atoms with Gasteiger partial charge in [0.15, 0.2) is 0 Å². The second-order valence-corrected chi connectivity index (χ2v) is 3.48. The van der Waals surface area contributed by atoms with Crippen molar-refractivity contribution in [1.29, 1.82) is 0 Å². The summed E-state index contributed by atoms with van der Waals surface area (Å²) in [6.45, 7) is 4.14. The van der Waals surface area contributed by atoms with Gasteiger partial charge in [0, 0.05) is 5.92 Å². The van der Waals surface area contributed by atoms with Crippen molar-refractivity contribution in [2.45, 2.75) is 26.7 Å². The van der Waals surface area contributed by atoms with Crippen molar-refractivity contribution in [3.8, 4) is 0 Å². The fraction of sp³-hybridized carbons (Fsp3) is 0.667. The van der Waals surface area contributed by atoms with E-state index in [1.165, 1.54) is 5.57 Å². The molecule has 1 rings (SSSR count). The summed E-state index contributed by atoms with van der Waals surface area (Å²) in [5.41, 5.74) is 6.55. The predicted molar refractivity (Wildman–Crippen MR) is 44.8 cm³/mol. The van der Waals surface area contributed by atoms with Crippen molar-refractivity contribution in [2.24, 2.45) is 17.6 Å². The molecule has 0 aliphatic heterocycles. The minimum Gasteiger partial charge on any atom is -0.369 e. The first-order valence-electron chi connectivity index (χ1n) is 4.06. The van der Waals surface area contributed by atoms with E-state index in [4.69, 9.17) is 5.73 Å². The zero-order chi connectivity index (χ0) is 8.43. The van der Waals surface area contributed by atoms with Crippen LogP contribution in [0, 0.1) is 11.8 Å². The topological polar surface area (TPSA) is 43.1 Å². The van der Waals surface area contributed by atoms with E-state index in [-0.39, 0.29) is 11.8 Å². The first-order chi connectivity index (χ1) is 5.11. The molecule has 1 amide bonds. The van der Waals surface area contributed by atoms with Crippen molar-refractivity contribution in [2.75, 3.05) is 0 Å². The zero-order valence-corrected chi connectivity index (χ0v) is 7.13. The Morgan fingerprint density at radius 2 is 2.36 bits per heavy atom. The minimum atomic E-state index is -0.148. The average Bonchev–Trinajstić information content (AvgIpc) is 1.94. The molecule has 0 fully saturated rings. The van der Waals surface area contributed by atoms with Gasteiger partial charge in [0.2, 0.25) is 5.91 Å². The van der Waals surface area contributed by atoms with Gasteiger partial charge in [0.25, 0.3) is 0 Å². The first kappa shape index (κ1) is 8.31. The van der Waals surface area contributed by atoms with E-state index < -0.39 is 0 Å². The predicted octanol–water partition coefficient (Wildman–Crippen LogP) is 1.46. The van der Waals surface area contributed by atoms with Crippen LogP contribution < -0.4 is 5.73 Å². The number of nitrogens with two attached hydrogens (primary N) is 1. The highest BCUT2D eigenvalue weighted by Crippen LogP contribution is 2.28. The standard InChI is InChI=1S/C9H15NO/c1-6-3-4-7(2)8(5-6)9(10)11/h3,7-8H,4-5H2,1-2H3,(H2,10,11). The number of primary amides is 1. The Morgan fingerprint density at radius 3 is 2.82 bits per heavy atom. The Bertz CT molecular complexity index is 196. The van der Waals surface area contributed by atoms with Crippen LogP contribution in [0.2, 0.25) is 0 Å². The summed E-state index contributed by atoms with van der Waals surface area (Å²) in [4.78, 5) is 10.9. The lowest BCUT2D eigenvalue weighted by atomic mass is 9.81. The maximum atomic E-state index is 10.9. The van der Waals surface area contributed by atoms with Gasteiger partial charge in [0.05, 0.1) is 0 Å². The molecule has 0 aromatic rings. The Morgan fingerprint density at radius 1 is 1.73 bits per heavy atom. The maximum absolute atomic E-state index is 10.9. The molecule has 0 saturated carbocycles. The molecule has 2 nitrogen and oxygen atoms in total. The van der Waals surface area contributed by atoms with Gasteiger partial charge in [-0.15, -0.1) is 0 Å². The van der Waals surface area contributed by atoms with E-state index in [1.807, 2.05) is 0 Å². The molecule has 0 saturated heterocycles. The third kappa shape index (κ3) is 1.82. The Hall–Kier alpha value is -0.790. The van der Waals surface area contributed by atoms with E-state index in [0.717, 1.165) is 12.8 Å². The molecule has 0 bridgehead atoms. The van der Waals surface area contributed by atoms with Gasteiger partial charge in [0.1, 0.15) is 0 Å². The number of carbonyl (C=O) groups is 1. The lowest BCUT2D eigenvalue weighted by molar-refractivity contribution is -0.123. The fourth-order valence-corrected chi connectivity index (χ4v) is 1.56. The third-order valence-electron chi connectivity index (χ3n) is 2.43.